The maximum absolute atomic E-state index is 6.25. The predicted octanol–water partition coefficient (Wildman–Crippen LogP) is 9.85. The Bertz CT molecular complexity index is 1660. The fraction of sp³-hybridized carbons (Fsp3) is 0.150. The minimum atomic E-state index is -2.01. The monoisotopic (exact) mass is 592 g/mol. The summed E-state index contributed by atoms with van der Waals surface area (Å²) in [5, 5.41) is 1.29. The molecule has 220 valence electrons. The molecule has 0 spiro atoms. The van der Waals surface area contributed by atoms with Gasteiger partial charge in [-0.25, -0.2) is 0 Å². The van der Waals surface area contributed by atoms with Crippen molar-refractivity contribution in [3.05, 3.63) is 169 Å². The van der Waals surface area contributed by atoms with Crippen molar-refractivity contribution >= 4 is 41.8 Å². The number of benzene rings is 5. The summed E-state index contributed by atoms with van der Waals surface area (Å²) in [5.74, 6) is 0. The summed E-state index contributed by atoms with van der Waals surface area (Å²) in [5.41, 5.74) is 6.26. The van der Waals surface area contributed by atoms with Crippen molar-refractivity contribution in [3.63, 3.8) is 0 Å². The number of para-hydroxylation sites is 3. The average molecular weight is 593 g/mol. The first kappa shape index (κ1) is 29.4. The first-order chi connectivity index (χ1) is 21.5. The number of hydrogen-bond acceptors (Lipinski definition) is 3. The quantitative estimate of drug-likeness (QED) is 0.119. The van der Waals surface area contributed by atoms with E-state index in [1.165, 1.54) is 16.3 Å². The topological polar surface area (TPSA) is 15.7 Å². The predicted molar refractivity (Wildman–Crippen MR) is 190 cm³/mol. The Labute approximate surface area is 263 Å². The molecule has 0 bridgehead atoms. The van der Waals surface area contributed by atoms with E-state index in [4.69, 9.17) is 4.43 Å². The molecule has 0 saturated carbocycles. The number of nitrogens with zero attached hydrogens (tertiary/aromatic N) is 2. The standard InChI is InChI=1S/C40H40N2OSi/c1-4-43-44(2,3)39-29-27-38(28-30-39)42(37-25-15-8-16-26-37)40(31-17-20-34(32-40)33-18-9-5-10-19-33)41(35-21-11-6-12-22-35)36-23-13-7-14-24-36/h5-30,32H,4,31H2,1-3H3. The Morgan fingerprint density at radius 1 is 0.591 bits per heavy atom. The van der Waals surface area contributed by atoms with E-state index in [1.54, 1.807) is 0 Å². The molecule has 4 heteroatoms. The van der Waals surface area contributed by atoms with E-state index < -0.39 is 14.0 Å². The second-order valence-electron chi connectivity index (χ2n) is 11.6. The molecule has 0 aromatic heterocycles. The summed E-state index contributed by atoms with van der Waals surface area (Å²) in [6, 6.07) is 52.1. The van der Waals surface area contributed by atoms with Gasteiger partial charge in [-0.15, -0.1) is 0 Å². The summed E-state index contributed by atoms with van der Waals surface area (Å²) in [6.07, 6.45) is 7.83. The smallest absolute Gasteiger partial charge is 0.218 e. The zero-order valence-corrected chi connectivity index (χ0v) is 26.8. The van der Waals surface area contributed by atoms with Gasteiger partial charge in [-0.2, -0.15) is 0 Å². The largest absolute Gasteiger partial charge is 0.413 e. The van der Waals surface area contributed by atoms with E-state index in [1.807, 2.05) is 0 Å². The lowest BCUT2D eigenvalue weighted by Gasteiger charge is -2.52. The fourth-order valence-electron chi connectivity index (χ4n) is 6.32. The van der Waals surface area contributed by atoms with Crippen LogP contribution in [0.5, 0.6) is 0 Å². The van der Waals surface area contributed by atoms with Gasteiger partial charge in [0, 0.05) is 35.8 Å². The second-order valence-corrected chi connectivity index (χ2v) is 15.5. The first-order valence-electron chi connectivity index (χ1n) is 15.5. The summed E-state index contributed by atoms with van der Waals surface area (Å²) in [6.45, 7) is 7.35. The van der Waals surface area contributed by atoms with Crippen LogP contribution in [0.25, 0.3) is 5.57 Å². The molecule has 1 aliphatic carbocycles. The lowest BCUT2D eigenvalue weighted by Crippen LogP contribution is -2.57. The van der Waals surface area contributed by atoms with Crippen molar-refractivity contribution in [1.82, 2.24) is 0 Å². The minimum absolute atomic E-state index is 0.627. The van der Waals surface area contributed by atoms with Gasteiger partial charge in [0.1, 0.15) is 5.66 Å². The van der Waals surface area contributed by atoms with E-state index in [-0.39, 0.29) is 0 Å². The van der Waals surface area contributed by atoms with E-state index in [2.05, 4.69) is 194 Å². The first-order valence-corrected chi connectivity index (χ1v) is 18.4. The van der Waals surface area contributed by atoms with Crippen molar-refractivity contribution < 1.29 is 4.43 Å². The van der Waals surface area contributed by atoms with Crippen LogP contribution in [0.15, 0.2) is 164 Å². The van der Waals surface area contributed by atoms with Crippen LogP contribution in [-0.4, -0.2) is 20.6 Å². The number of rotatable bonds is 10. The minimum Gasteiger partial charge on any atom is -0.413 e. The van der Waals surface area contributed by atoms with Crippen molar-refractivity contribution in [2.75, 3.05) is 16.4 Å². The van der Waals surface area contributed by atoms with Crippen LogP contribution >= 0.6 is 0 Å². The van der Waals surface area contributed by atoms with E-state index in [0.29, 0.717) is 0 Å². The van der Waals surface area contributed by atoms with Gasteiger partial charge >= 0.3 is 0 Å². The number of hydrogen-bond donors (Lipinski definition) is 0. The normalized spacial score (nSPS) is 16.3. The third-order valence-electron chi connectivity index (χ3n) is 8.35. The Morgan fingerprint density at radius 2 is 1.02 bits per heavy atom. The molecule has 3 nitrogen and oxygen atoms in total. The van der Waals surface area contributed by atoms with E-state index in [0.717, 1.165) is 35.8 Å². The molecule has 44 heavy (non-hydrogen) atoms. The fourth-order valence-corrected chi connectivity index (χ4v) is 8.17. The van der Waals surface area contributed by atoms with Crippen LogP contribution in [0.3, 0.4) is 0 Å². The molecule has 0 fully saturated rings. The maximum Gasteiger partial charge on any atom is 0.218 e. The van der Waals surface area contributed by atoms with Crippen LogP contribution in [0, 0.1) is 0 Å². The zero-order valence-electron chi connectivity index (χ0n) is 25.8. The lowest BCUT2D eigenvalue weighted by molar-refractivity contribution is 0.339. The molecule has 0 N–H and O–H groups in total. The van der Waals surface area contributed by atoms with Crippen LogP contribution in [0.1, 0.15) is 18.9 Å². The second kappa shape index (κ2) is 12.9. The summed E-state index contributed by atoms with van der Waals surface area (Å²) in [4.78, 5) is 5.01. The molecule has 1 aliphatic rings. The maximum atomic E-state index is 6.25. The van der Waals surface area contributed by atoms with Gasteiger partial charge < -0.3 is 14.2 Å². The summed E-state index contributed by atoms with van der Waals surface area (Å²) < 4.78 is 6.25. The van der Waals surface area contributed by atoms with Gasteiger partial charge in [-0.05, 0) is 90.9 Å². The van der Waals surface area contributed by atoms with Gasteiger partial charge in [0.2, 0.25) is 8.32 Å². The van der Waals surface area contributed by atoms with Gasteiger partial charge in [-0.3, -0.25) is 0 Å². The number of allylic oxidation sites excluding steroid dienone is 2. The molecule has 1 atom stereocenters. The Kier molecular flexibility index (Phi) is 8.64. The van der Waals surface area contributed by atoms with Gasteiger partial charge in [-0.1, -0.05) is 109 Å². The van der Waals surface area contributed by atoms with E-state index in [9.17, 15) is 0 Å². The SMILES string of the molecule is CCO[Si](C)(C)c1ccc(N(c2ccccc2)C2(N(c3ccccc3)c3ccccc3)C=C(c3ccccc3)C=CC2)cc1. The molecule has 0 heterocycles. The van der Waals surface area contributed by atoms with Crippen molar-refractivity contribution in [3.8, 4) is 0 Å². The summed E-state index contributed by atoms with van der Waals surface area (Å²) >= 11 is 0. The van der Waals surface area contributed by atoms with Gasteiger partial charge in [0.15, 0.2) is 0 Å². The number of anilines is 4. The third kappa shape index (κ3) is 5.92. The molecule has 0 amide bonds. The van der Waals surface area contributed by atoms with Gasteiger partial charge in [0.25, 0.3) is 0 Å². The molecule has 0 aliphatic heterocycles. The highest BCUT2D eigenvalue weighted by Gasteiger charge is 2.44. The van der Waals surface area contributed by atoms with Crippen LogP contribution in [-0.2, 0) is 4.43 Å². The van der Waals surface area contributed by atoms with Crippen LogP contribution in [0.2, 0.25) is 13.1 Å². The average Bonchev–Trinajstić information content (AvgIpc) is 3.07. The van der Waals surface area contributed by atoms with Crippen molar-refractivity contribution in [2.24, 2.45) is 0 Å². The Hall–Kier alpha value is -4.64. The van der Waals surface area contributed by atoms with Crippen LogP contribution in [0.4, 0.5) is 22.7 Å². The van der Waals surface area contributed by atoms with Crippen LogP contribution < -0.4 is 15.0 Å². The molecular weight excluding hydrogens is 553 g/mol. The highest BCUT2D eigenvalue weighted by molar-refractivity contribution is 6.84. The molecule has 6 rings (SSSR count). The van der Waals surface area contributed by atoms with Crippen molar-refractivity contribution in [1.29, 1.82) is 0 Å². The molecule has 1 unspecified atom stereocenters. The highest BCUT2D eigenvalue weighted by atomic mass is 28.4. The Balaban J connectivity index is 1.64. The molecule has 5 aromatic carbocycles. The zero-order chi connectivity index (χ0) is 30.4. The molecular formula is C40H40N2OSi. The van der Waals surface area contributed by atoms with E-state index >= 15 is 0 Å². The third-order valence-corrected chi connectivity index (χ3v) is 11.1. The summed E-state index contributed by atoms with van der Waals surface area (Å²) in [7, 11) is -2.01. The Morgan fingerprint density at radius 3 is 1.48 bits per heavy atom. The molecule has 0 radical (unpaired) electrons. The molecule has 5 aromatic rings. The highest BCUT2D eigenvalue weighted by Crippen LogP contribution is 2.47. The lowest BCUT2D eigenvalue weighted by atomic mass is 9.87. The molecule has 0 saturated heterocycles. The van der Waals surface area contributed by atoms with Gasteiger partial charge in [0.05, 0.1) is 0 Å². The van der Waals surface area contributed by atoms with Crippen molar-refractivity contribution in [2.45, 2.75) is 32.1 Å².